The maximum Gasteiger partial charge on any atom is 0.228 e. The second-order valence-corrected chi connectivity index (χ2v) is 10.1. The van der Waals surface area contributed by atoms with Gasteiger partial charge in [-0.15, -0.1) is 11.3 Å². The summed E-state index contributed by atoms with van der Waals surface area (Å²) in [6, 6.07) is 12.6. The van der Waals surface area contributed by atoms with Crippen LogP contribution in [-0.2, 0) is 17.6 Å². The predicted molar refractivity (Wildman–Crippen MR) is 115 cm³/mol. The average Bonchev–Trinajstić information content (AvgIpc) is 3.44. The molecule has 3 nitrogen and oxygen atoms in total. The van der Waals surface area contributed by atoms with Crippen LogP contribution in [-0.4, -0.2) is 5.91 Å². The topological polar surface area (TPSA) is 52.9 Å². The molecule has 4 rings (SSSR count). The van der Waals surface area contributed by atoms with E-state index < -0.39 is 0 Å². The minimum absolute atomic E-state index is 0.0276. The van der Waals surface area contributed by atoms with Gasteiger partial charge in [-0.1, -0.05) is 57.5 Å². The molecule has 1 aromatic carbocycles. The maximum absolute atomic E-state index is 12.8. The third kappa shape index (κ3) is 3.49. The molecule has 1 aromatic heterocycles. The number of benzene rings is 1. The van der Waals surface area contributed by atoms with Gasteiger partial charge in [0.05, 0.1) is 5.56 Å². The fraction of sp³-hybridized carbons (Fsp3) is 0.500. The lowest BCUT2D eigenvalue weighted by molar-refractivity contribution is -0.117. The van der Waals surface area contributed by atoms with Gasteiger partial charge in [-0.2, -0.15) is 5.26 Å². The highest BCUT2D eigenvalue weighted by atomic mass is 32.1. The zero-order valence-corrected chi connectivity index (χ0v) is 17.7. The Morgan fingerprint density at radius 2 is 2.07 bits per heavy atom. The zero-order valence-electron chi connectivity index (χ0n) is 16.9. The highest BCUT2D eigenvalue weighted by Gasteiger charge is 2.44. The van der Waals surface area contributed by atoms with E-state index in [4.69, 9.17) is 0 Å². The van der Waals surface area contributed by atoms with E-state index in [0.29, 0.717) is 22.8 Å². The highest BCUT2D eigenvalue weighted by Crippen LogP contribution is 2.49. The van der Waals surface area contributed by atoms with Crippen molar-refractivity contribution in [3.8, 4) is 6.07 Å². The van der Waals surface area contributed by atoms with Crippen molar-refractivity contribution < 1.29 is 4.79 Å². The Labute approximate surface area is 171 Å². The molecule has 2 aliphatic rings. The number of amides is 1. The number of hydrogen-bond acceptors (Lipinski definition) is 3. The number of anilines is 1. The molecule has 1 heterocycles. The first-order valence-corrected chi connectivity index (χ1v) is 11.2. The zero-order chi connectivity index (χ0) is 19.9. The summed E-state index contributed by atoms with van der Waals surface area (Å²) in [7, 11) is 0. The van der Waals surface area contributed by atoms with Gasteiger partial charge in [0.25, 0.3) is 0 Å². The molecule has 28 heavy (non-hydrogen) atoms. The first-order valence-electron chi connectivity index (χ1n) is 10.3. The van der Waals surface area contributed by atoms with Gasteiger partial charge >= 0.3 is 0 Å². The van der Waals surface area contributed by atoms with Crippen LogP contribution in [0.4, 0.5) is 5.00 Å². The Kier molecular flexibility index (Phi) is 5.05. The van der Waals surface area contributed by atoms with Gasteiger partial charge in [-0.05, 0) is 54.1 Å². The number of thiophene rings is 1. The molecule has 3 atom stereocenters. The molecule has 1 fully saturated rings. The van der Waals surface area contributed by atoms with E-state index >= 15 is 0 Å². The van der Waals surface area contributed by atoms with Crippen molar-refractivity contribution in [2.75, 3.05) is 5.32 Å². The lowest BCUT2D eigenvalue weighted by Crippen LogP contribution is -2.28. The normalized spacial score (nSPS) is 23.6. The third-order valence-electron chi connectivity index (χ3n) is 6.99. The molecule has 2 aliphatic carbocycles. The third-order valence-corrected chi connectivity index (χ3v) is 8.15. The quantitative estimate of drug-likeness (QED) is 0.688. The van der Waals surface area contributed by atoms with Crippen molar-refractivity contribution in [3.63, 3.8) is 0 Å². The molecule has 2 aromatic rings. The lowest BCUT2D eigenvalue weighted by atomic mass is 9.69. The largest absolute Gasteiger partial charge is 0.316 e. The first-order chi connectivity index (χ1) is 13.4. The molecule has 0 radical (unpaired) electrons. The fourth-order valence-corrected chi connectivity index (χ4v) is 5.79. The number of nitriles is 1. The number of nitrogens with zero attached hydrogens (tertiary/aromatic N) is 1. The standard InChI is InChI=1S/C24H28N2OS/c1-4-24(2,3)16-10-11-17-20(14-25)23(28-21(17)12-16)26-22(27)19-13-18(19)15-8-6-5-7-9-15/h5-9,16,18-19H,4,10-13H2,1-3H3,(H,26,27)/t16-,18+,19-/m0/s1. The van der Waals surface area contributed by atoms with Crippen LogP contribution in [0.3, 0.4) is 0 Å². The monoisotopic (exact) mass is 392 g/mol. The predicted octanol–water partition coefficient (Wildman–Crippen LogP) is 5.90. The average molecular weight is 393 g/mol. The summed E-state index contributed by atoms with van der Waals surface area (Å²) in [6.45, 7) is 6.96. The van der Waals surface area contributed by atoms with Crippen LogP contribution in [0.15, 0.2) is 30.3 Å². The van der Waals surface area contributed by atoms with Gasteiger partial charge in [0, 0.05) is 10.8 Å². The van der Waals surface area contributed by atoms with Crippen LogP contribution < -0.4 is 5.32 Å². The molecule has 1 amide bonds. The van der Waals surface area contributed by atoms with Gasteiger partial charge in [0.15, 0.2) is 0 Å². The molecule has 1 N–H and O–H groups in total. The number of hydrogen-bond donors (Lipinski definition) is 1. The van der Waals surface area contributed by atoms with E-state index in [1.54, 1.807) is 11.3 Å². The minimum atomic E-state index is 0.0276. The molecule has 0 aliphatic heterocycles. The summed E-state index contributed by atoms with van der Waals surface area (Å²) in [5.41, 5.74) is 3.44. The molecular formula is C24H28N2OS. The Bertz CT molecular complexity index is 922. The fourth-order valence-electron chi connectivity index (χ4n) is 4.51. The highest BCUT2D eigenvalue weighted by molar-refractivity contribution is 7.16. The number of carbonyl (C=O) groups excluding carboxylic acids is 1. The summed E-state index contributed by atoms with van der Waals surface area (Å²) in [4.78, 5) is 14.1. The summed E-state index contributed by atoms with van der Waals surface area (Å²) < 4.78 is 0. The molecular weight excluding hydrogens is 364 g/mol. The van der Waals surface area contributed by atoms with E-state index in [0.717, 1.165) is 37.1 Å². The molecule has 146 valence electrons. The SMILES string of the molecule is CCC(C)(C)[C@H]1CCc2c(sc(NC(=O)[C@H]3C[C@@H]3c3ccccc3)c2C#N)C1. The summed E-state index contributed by atoms with van der Waals surface area (Å²) in [5.74, 6) is 1.05. The Balaban J connectivity index is 1.49. The van der Waals surface area contributed by atoms with Gasteiger partial charge in [0.2, 0.25) is 5.91 Å². The van der Waals surface area contributed by atoms with Crippen molar-refractivity contribution >= 4 is 22.2 Å². The van der Waals surface area contributed by atoms with E-state index in [1.165, 1.54) is 16.0 Å². The Hall–Kier alpha value is -2.12. The van der Waals surface area contributed by atoms with Crippen LogP contribution in [0.1, 0.15) is 67.5 Å². The number of nitrogens with one attached hydrogen (secondary N) is 1. The van der Waals surface area contributed by atoms with Crippen LogP contribution in [0, 0.1) is 28.6 Å². The summed E-state index contributed by atoms with van der Waals surface area (Å²) >= 11 is 1.63. The second kappa shape index (κ2) is 7.37. The summed E-state index contributed by atoms with van der Waals surface area (Å²) in [5, 5.41) is 13.6. The van der Waals surface area contributed by atoms with Crippen molar-refractivity contribution in [3.05, 3.63) is 51.9 Å². The second-order valence-electron chi connectivity index (χ2n) is 8.95. The molecule has 1 saturated carbocycles. The number of carbonyl (C=O) groups is 1. The van der Waals surface area contributed by atoms with Crippen molar-refractivity contribution in [2.45, 2.75) is 58.8 Å². The lowest BCUT2D eigenvalue weighted by Gasteiger charge is -2.36. The Morgan fingerprint density at radius 3 is 2.75 bits per heavy atom. The smallest absolute Gasteiger partial charge is 0.228 e. The van der Waals surface area contributed by atoms with Gasteiger partial charge in [0.1, 0.15) is 11.1 Å². The van der Waals surface area contributed by atoms with Crippen molar-refractivity contribution in [2.24, 2.45) is 17.3 Å². The first kappa shape index (κ1) is 19.2. The summed E-state index contributed by atoms with van der Waals surface area (Å²) in [6.07, 6.45) is 5.17. The van der Waals surface area contributed by atoms with Crippen LogP contribution in [0.25, 0.3) is 0 Å². The Morgan fingerprint density at radius 1 is 1.32 bits per heavy atom. The van der Waals surface area contributed by atoms with Crippen LogP contribution >= 0.6 is 11.3 Å². The van der Waals surface area contributed by atoms with Crippen LogP contribution in [0.5, 0.6) is 0 Å². The van der Waals surface area contributed by atoms with Crippen LogP contribution in [0.2, 0.25) is 0 Å². The molecule has 0 saturated heterocycles. The molecule has 0 bridgehead atoms. The van der Waals surface area contributed by atoms with E-state index in [2.05, 4.69) is 44.3 Å². The van der Waals surface area contributed by atoms with Crippen molar-refractivity contribution in [1.82, 2.24) is 0 Å². The molecule has 4 heteroatoms. The number of rotatable bonds is 5. The van der Waals surface area contributed by atoms with Gasteiger partial charge < -0.3 is 5.32 Å². The van der Waals surface area contributed by atoms with Gasteiger partial charge in [-0.3, -0.25) is 4.79 Å². The molecule has 0 spiro atoms. The minimum Gasteiger partial charge on any atom is -0.316 e. The van der Waals surface area contributed by atoms with Crippen molar-refractivity contribution in [1.29, 1.82) is 5.26 Å². The molecule has 0 unspecified atom stereocenters. The maximum atomic E-state index is 12.8. The van der Waals surface area contributed by atoms with Gasteiger partial charge in [-0.25, -0.2) is 0 Å². The van der Waals surface area contributed by atoms with E-state index in [-0.39, 0.29) is 11.8 Å². The number of fused-ring (bicyclic) bond motifs is 1. The van der Waals surface area contributed by atoms with E-state index in [9.17, 15) is 10.1 Å². The van der Waals surface area contributed by atoms with E-state index in [1.807, 2.05) is 18.2 Å².